The highest BCUT2D eigenvalue weighted by molar-refractivity contribution is 6.00. The highest BCUT2D eigenvalue weighted by Crippen LogP contribution is 2.24. The van der Waals surface area contributed by atoms with Gasteiger partial charge in [-0.15, -0.1) is 0 Å². The van der Waals surface area contributed by atoms with E-state index in [1.54, 1.807) is 18.3 Å². The van der Waals surface area contributed by atoms with Gasteiger partial charge in [0.05, 0.1) is 23.1 Å². The summed E-state index contributed by atoms with van der Waals surface area (Å²) in [5, 5.41) is 5.37. The van der Waals surface area contributed by atoms with Gasteiger partial charge in [0.1, 0.15) is 5.82 Å². The first-order chi connectivity index (χ1) is 13.7. The normalized spacial score (nSPS) is 11.2. The molecular weight excluding hydrogens is 351 g/mol. The molecule has 0 radical (unpaired) electrons. The van der Waals surface area contributed by atoms with Crippen molar-refractivity contribution >= 4 is 22.8 Å². The number of rotatable bonds is 5. The van der Waals surface area contributed by atoms with Crippen LogP contribution >= 0.6 is 0 Å². The molecule has 0 fully saturated rings. The number of hydrogen-bond donors (Lipinski definition) is 2. The minimum absolute atomic E-state index is 0.267. The third-order valence-corrected chi connectivity index (χ3v) is 4.48. The number of aromatic nitrogens is 1. The second-order valence-corrected chi connectivity index (χ2v) is 6.39. The molecule has 0 saturated heterocycles. The number of pyridine rings is 1. The van der Waals surface area contributed by atoms with Crippen molar-refractivity contribution in [2.75, 3.05) is 5.43 Å². The van der Waals surface area contributed by atoms with Crippen molar-refractivity contribution in [3.05, 3.63) is 95.8 Å². The lowest BCUT2D eigenvalue weighted by atomic mass is 10.0. The Hall–Kier alpha value is -3.57. The fourth-order valence-electron chi connectivity index (χ4n) is 2.97. The molecule has 0 saturated carbocycles. The summed E-state index contributed by atoms with van der Waals surface area (Å²) < 4.78 is 13.3. The second kappa shape index (κ2) is 7.98. The van der Waals surface area contributed by atoms with Crippen LogP contribution in [0.4, 0.5) is 10.1 Å². The number of anilines is 1. The van der Waals surface area contributed by atoms with E-state index >= 15 is 0 Å². The molecule has 0 atom stereocenters. The van der Waals surface area contributed by atoms with Crippen LogP contribution in [0, 0.1) is 5.82 Å². The molecule has 0 aliphatic rings. The Bertz CT molecular complexity index is 1120. The summed E-state index contributed by atoms with van der Waals surface area (Å²) in [6, 6.07) is 24.0. The smallest absolute Gasteiger partial charge is 0.123 e. The molecule has 0 aliphatic carbocycles. The molecule has 3 N–H and O–H groups in total. The molecule has 0 unspecified atom stereocenters. The summed E-state index contributed by atoms with van der Waals surface area (Å²) in [5.41, 5.74) is 14.0. The molecule has 1 aromatic heterocycles. The Kier molecular flexibility index (Phi) is 5.08. The lowest BCUT2D eigenvalue weighted by molar-refractivity contribution is 0.628. The number of para-hydroxylation sites is 1. The van der Waals surface area contributed by atoms with Gasteiger partial charge in [0.15, 0.2) is 0 Å². The lowest BCUT2D eigenvalue weighted by Crippen LogP contribution is -1.97. The lowest BCUT2D eigenvalue weighted by Gasteiger charge is -2.07. The van der Waals surface area contributed by atoms with Crippen LogP contribution in [0.5, 0.6) is 0 Å². The number of nitrogens with two attached hydrogens (primary N) is 1. The Morgan fingerprint density at radius 2 is 1.71 bits per heavy atom. The van der Waals surface area contributed by atoms with E-state index in [1.165, 1.54) is 12.1 Å². The van der Waals surface area contributed by atoms with Crippen LogP contribution in [0.25, 0.3) is 22.2 Å². The third kappa shape index (κ3) is 3.89. The zero-order valence-electron chi connectivity index (χ0n) is 15.1. The first-order valence-corrected chi connectivity index (χ1v) is 8.97. The third-order valence-electron chi connectivity index (χ3n) is 4.48. The highest BCUT2D eigenvalue weighted by atomic mass is 19.1. The summed E-state index contributed by atoms with van der Waals surface area (Å²) in [4.78, 5) is 4.70. The molecular formula is C23H19FN4. The molecule has 138 valence electrons. The van der Waals surface area contributed by atoms with Gasteiger partial charge < -0.3 is 5.73 Å². The first kappa shape index (κ1) is 17.8. The van der Waals surface area contributed by atoms with Gasteiger partial charge in [-0.1, -0.05) is 30.3 Å². The molecule has 4 aromatic rings. The molecule has 4 nitrogen and oxygen atoms in total. The van der Waals surface area contributed by atoms with E-state index in [9.17, 15) is 4.39 Å². The Morgan fingerprint density at radius 1 is 0.964 bits per heavy atom. The second-order valence-electron chi connectivity index (χ2n) is 6.39. The molecule has 3 aromatic carbocycles. The van der Waals surface area contributed by atoms with E-state index in [-0.39, 0.29) is 5.82 Å². The van der Waals surface area contributed by atoms with Crippen molar-refractivity contribution in [1.29, 1.82) is 0 Å². The number of hydrazone groups is 1. The maximum Gasteiger partial charge on any atom is 0.123 e. The minimum Gasteiger partial charge on any atom is -0.326 e. The summed E-state index contributed by atoms with van der Waals surface area (Å²) in [7, 11) is 0. The van der Waals surface area contributed by atoms with Crippen molar-refractivity contribution in [3.63, 3.8) is 0 Å². The van der Waals surface area contributed by atoms with Gasteiger partial charge >= 0.3 is 0 Å². The average molecular weight is 370 g/mol. The van der Waals surface area contributed by atoms with Gasteiger partial charge in [-0.05, 0) is 54.1 Å². The van der Waals surface area contributed by atoms with Gasteiger partial charge in [0.2, 0.25) is 0 Å². The van der Waals surface area contributed by atoms with Gasteiger partial charge in [0, 0.05) is 23.1 Å². The van der Waals surface area contributed by atoms with Gasteiger partial charge in [0.25, 0.3) is 0 Å². The summed E-state index contributed by atoms with van der Waals surface area (Å²) in [6.45, 7) is 0.513. The Labute approximate surface area is 162 Å². The standard InChI is InChI=1S/C23H19FN4/c24-19-9-7-17(8-10-19)23-13-18(21-3-1-2-4-22(21)27-23)15-26-28-20-11-5-16(14-25)6-12-20/h1-13,15,28H,14,25H2/b26-15+. The Morgan fingerprint density at radius 3 is 2.46 bits per heavy atom. The molecule has 0 amide bonds. The van der Waals surface area contributed by atoms with Crippen molar-refractivity contribution in [2.24, 2.45) is 10.8 Å². The monoisotopic (exact) mass is 370 g/mol. The number of nitrogens with one attached hydrogen (secondary N) is 1. The maximum absolute atomic E-state index is 13.3. The predicted octanol–water partition coefficient (Wildman–Crippen LogP) is 4.95. The van der Waals surface area contributed by atoms with E-state index < -0.39 is 0 Å². The fraction of sp³-hybridized carbons (Fsp3) is 0.0435. The van der Waals surface area contributed by atoms with E-state index in [2.05, 4.69) is 10.5 Å². The van der Waals surface area contributed by atoms with Crippen molar-refractivity contribution in [3.8, 4) is 11.3 Å². The van der Waals surface area contributed by atoms with Gasteiger partial charge in [-0.3, -0.25) is 5.43 Å². The maximum atomic E-state index is 13.3. The zero-order chi connectivity index (χ0) is 19.3. The van der Waals surface area contributed by atoms with E-state index in [4.69, 9.17) is 10.7 Å². The van der Waals surface area contributed by atoms with Crippen molar-refractivity contribution in [2.45, 2.75) is 6.54 Å². The van der Waals surface area contributed by atoms with Crippen molar-refractivity contribution < 1.29 is 4.39 Å². The van der Waals surface area contributed by atoms with Gasteiger partial charge in [-0.2, -0.15) is 5.10 Å². The molecule has 5 heteroatoms. The van der Waals surface area contributed by atoms with Crippen LogP contribution in [0.2, 0.25) is 0 Å². The van der Waals surface area contributed by atoms with Crippen LogP contribution in [0.1, 0.15) is 11.1 Å². The van der Waals surface area contributed by atoms with Crippen LogP contribution in [-0.4, -0.2) is 11.2 Å². The molecule has 0 aliphatic heterocycles. The van der Waals surface area contributed by atoms with Gasteiger partial charge in [-0.25, -0.2) is 9.37 Å². The molecule has 4 rings (SSSR count). The van der Waals surface area contributed by atoms with Crippen molar-refractivity contribution in [1.82, 2.24) is 4.98 Å². The quantitative estimate of drug-likeness (QED) is 0.386. The number of hydrogen-bond acceptors (Lipinski definition) is 4. The number of halogens is 1. The summed E-state index contributed by atoms with van der Waals surface area (Å²) in [6.07, 6.45) is 1.77. The van der Waals surface area contributed by atoms with E-state index in [0.717, 1.165) is 39.0 Å². The average Bonchev–Trinajstić information content (AvgIpc) is 2.74. The van der Waals surface area contributed by atoms with E-state index in [1.807, 2.05) is 54.6 Å². The molecule has 28 heavy (non-hydrogen) atoms. The highest BCUT2D eigenvalue weighted by Gasteiger charge is 2.06. The van der Waals surface area contributed by atoms with E-state index in [0.29, 0.717) is 6.54 Å². The first-order valence-electron chi connectivity index (χ1n) is 8.97. The minimum atomic E-state index is -0.267. The number of benzene rings is 3. The Balaban J connectivity index is 1.67. The van der Waals surface area contributed by atoms with Crippen LogP contribution < -0.4 is 11.2 Å². The summed E-state index contributed by atoms with van der Waals surface area (Å²) in [5.74, 6) is -0.267. The topological polar surface area (TPSA) is 63.3 Å². The number of fused-ring (bicyclic) bond motifs is 1. The summed E-state index contributed by atoms with van der Waals surface area (Å²) >= 11 is 0. The van der Waals surface area contributed by atoms with Crippen LogP contribution in [-0.2, 0) is 6.54 Å². The predicted molar refractivity (Wildman–Crippen MR) is 113 cm³/mol. The molecule has 0 spiro atoms. The fourth-order valence-corrected chi connectivity index (χ4v) is 2.97. The molecule has 1 heterocycles. The number of nitrogens with zero attached hydrogens (tertiary/aromatic N) is 2. The molecule has 0 bridgehead atoms. The zero-order valence-corrected chi connectivity index (χ0v) is 15.1. The SMILES string of the molecule is NCc1ccc(N/N=C/c2cc(-c3ccc(F)cc3)nc3ccccc23)cc1. The van der Waals surface area contributed by atoms with Crippen LogP contribution in [0.3, 0.4) is 0 Å². The van der Waals surface area contributed by atoms with Crippen LogP contribution in [0.15, 0.2) is 84.0 Å². The largest absolute Gasteiger partial charge is 0.326 e.